The largest absolute Gasteiger partial charge is 0.329 e. The maximum atomic E-state index is 12.3. The van der Waals surface area contributed by atoms with E-state index >= 15 is 0 Å². The van der Waals surface area contributed by atoms with Gasteiger partial charge < -0.3 is 9.88 Å². The molecule has 2 N–H and O–H groups in total. The number of carbonyl (C=O) groups excluding carboxylic acids is 1. The molecule has 2 aromatic heterocycles. The van der Waals surface area contributed by atoms with Gasteiger partial charge in [-0.05, 0) is 24.3 Å². The van der Waals surface area contributed by atoms with Gasteiger partial charge >= 0.3 is 0 Å². The van der Waals surface area contributed by atoms with Crippen molar-refractivity contribution >= 4 is 49.8 Å². The number of thioether (sulfide) groups is 1. The molecule has 1 amide bonds. The lowest BCUT2D eigenvalue weighted by atomic mass is 10.3. The van der Waals surface area contributed by atoms with Crippen LogP contribution in [-0.2, 0) is 21.9 Å². The number of thiazole rings is 1. The molecule has 0 saturated heterocycles. The van der Waals surface area contributed by atoms with E-state index in [4.69, 9.17) is 0 Å². The van der Waals surface area contributed by atoms with E-state index in [1.807, 2.05) is 11.6 Å². The van der Waals surface area contributed by atoms with Crippen LogP contribution in [0.2, 0.25) is 0 Å². The number of carbonyl (C=O) groups is 1. The summed E-state index contributed by atoms with van der Waals surface area (Å²) in [6, 6.07) is 5.94. The van der Waals surface area contributed by atoms with E-state index in [2.05, 4.69) is 20.0 Å². The lowest BCUT2D eigenvalue weighted by molar-refractivity contribution is -0.113. The summed E-state index contributed by atoms with van der Waals surface area (Å²) in [5.41, 5.74) is 0.517. The minimum Gasteiger partial charge on any atom is -0.329 e. The average molecular weight is 410 g/mol. The van der Waals surface area contributed by atoms with Crippen LogP contribution in [0.1, 0.15) is 0 Å². The Kier molecular flexibility index (Phi) is 5.59. The predicted molar refractivity (Wildman–Crippen MR) is 102 cm³/mol. The third-order valence-electron chi connectivity index (χ3n) is 3.21. The third kappa shape index (κ3) is 4.62. The first-order valence-corrected chi connectivity index (χ1v) is 10.7. The highest BCUT2D eigenvalue weighted by molar-refractivity contribution is 7.99. The van der Waals surface area contributed by atoms with Crippen LogP contribution in [0.15, 0.2) is 58.3 Å². The zero-order valence-electron chi connectivity index (χ0n) is 13.6. The van der Waals surface area contributed by atoms with E-state index < -0.39 is 10.0 Å². The fourth-order valence-electron chi connectivity index (χ4n) is 1.98. The molecule has 3 rings (SSSR count). The van der Waals surface area contributed by atoms with Crippen LogP contribution in [0.5, 0.6) is 0 Å². The Labute approximate surface area is 158 Å². The second kappa shape index (κ2) is 7.89. The quantitative estimate of drug-likeness (QED) is 0.581. The summed E-state index contributed by atoms with van der Waals surface area (Å²) in [7, 11) is -1.85. The SMILES string of the molecule is Cn1ccnc1SCC(=O)Nc1ccc(S(=O)(=O)Nc2nccs2)cc1. The van der Waals surface area contributed by atoms with Crippen LogP contribution >= 0.6 is 23.1 Å². The molecule has 3 aromatic rings. The highest BCUT2D eigenvalue weighted by Gasteiger charge is 2.15. The van der Waals surface area contributed by atoms with Crippen molar-refractivity contribution in [1.82, 2.24) is 14.5 Å². The number of sulfonamides is 1. The molecule has 136 valence electrons. The van der Waals surface area contributed by atoms with E-state index in [9.17, 15) is 13.2 Å². The van der Waals surface area contributed by atoms with Gasteiger partial charge in [-0.15, -0.1) is 11.3 Å². The minimum absolute atomic E-state index is 0.0908. The van der Waals surface area contributed by atoms with Gasteiger partial charge in [0, 0.05) is 36.7 Å². The second-order valence-electron chi connectivity index (χ2n) is 5.12. The van der Waals surface area contributed by atoms with Gasteiger partial charge in [0.15, 0.2) is 10.3 Å². The molecule has 0 aliphatic heterocycles. The summed E-state index contributed by atoms with van der Waals surface area (Å²) in [5.74, 6) is 0.00535. The molecule has 0 radical (unpaired) electrons. The van der Waals surface area contributed by atoms with Crippen molar-refractivity contribution in [2.24, 2.45) is 7.05 Å². The zero-order chi connectivity index (χ0) is 18.6. The van der Waals surface area contributed by atoms with Crippen molar-refractivity contribution in [3.8, 4) is 0 Å². The Morgan fingerprint density at radius 2 is 2.00 bits per heavy atom. The van der Waals surface area contributed by atoms with Gasteiger partial charge in [0.2, 0.25) is 5.91 Å². The van der Waals surface area contributed by atoms with Crippen molar-refractivity contribution in [3.05, 3.63) is 48.2 Å². The Bertz CT molecular complexity index is 982. The maximum absolute atomic E-state index is 12.3. The molecule has 0 aliphatic rings. The number of nitrogens with zero attached hydrogens (tertiary/aromatic N) is 3. The standard InChI is InChI=1S/C15H15N5O3S3/c1-20-8-6-17-15(20)25-10-13(21)18-11-2-4-12(5-3-11)26(22,23)19-14-16-7-9-24-14/h2-9H,10H2,1H3,(H,16,19)(H,18,21). The fourth-order valence-corrected chi connectivity index (χ4v) is 4.50. The number of aromatic nitrogens is 3. The lowest BCUT2D eigenvalue weighted by Crippen LogP contribution is -2.15. The number of hydrogen-bond donors (Lipinski definition) is 2. The summed E-state index contributed by atoms with van der Waals surface area (Å²) < 4.78 is 28.7. The number of benzene rings is 1. The maximum Gasteiger partial charge on any atom is 0.263 e. The van der Waals surface area contributed by atoms with Gasteiger partial charge in [0.25, 0.3) is 10.0 Å². The number of amides is 1. The monoisotopic (exact) mass is 409 g/mol. The summed E-state index contributed by atoms with van der Waals surface area (Å²) in [6.45, 7) is 0. The van der Waals surface area contributed by atoms with Crippen molar-refractivity contribution < 1.29 is 13.2 Å². The van der Waals surface area contributed by atoms with Crippen LogP contribution in [0.4, 0.5) is 10.8 Å². The number of aryl methyl sites for hydroxylation is 1. The zero-order valence-corrected chi connectivity index (χ0v) is 16.1. The molecule has 11 heteroatoms. The van der Waals surface area contributed by atoms with Crippen LogP contribution in [0.3, 0.4) is 0 Å². The van der Waals surface area contributed by atoms with Crippen molar-refractivity contribution in [2.75, 3.05) is 15.8 Å². The number of imidazole rings is 1. The van der Waals surface area contributed by atoms with Crippen molar-refractivity contribution in [2.45, 2.75) is 10.1 Å². The number of rotatable bonds is 7. The van der Waals surface area contributed by atoms with E-state index in [0.717, 1.165) is 5.16 Å². The first kappa shape index (κ1) is 18.4. The summed E-state index contributed by atoms with van der Waals surface area (Å²) >= 11 is 2.51. The van der Waals surface area contributed by atoms with E-state index in [1.165, 1.54) is 41.4 Å². The summed E-state index contributed by atoms with van der Waals surface area (Å²) in [5, 5.41) is 5.45. The van der Waals surface area contributed by atoms with Crippen LogP contribution in [0.25, 0.3) is 0 Å². The molecular weight excluding hydrogens is 394 g/mol. The van der Waals surface area contributed by atoms with Gasteiger partial charge in [-0.25, -0.2) is 18.4 Å². The highest BCUT2D eigenvalue weighted by atomic mass is 32.2. The molecule has 0 spiro atoms. The Morgan fingerprint density at radius 3 is 2.62 bits per heavy atom. The Hall–Kier alpha value is -2.37. The van der Waals surface area contributed by atoms with E-state index in [0.29, 0.717) is 10.8 Å². The Balaban J connectivity index is 1.58. The van der Waals surface area contributed by atoms with Gasteiger partial charge in [0.05, 0.1) is 10.6 Å². The molecule has 0 aliphatic carbocycles. The topological polar surface area (TPSA) is 106 Å². The molecular formula is C15H15N5O3S3. The molecule has 0 bridgehead atoms. The van der Waals surface area contributed by atoms with Gasteiger partial charge in [0.1, 0.15) is 0 Å². The van der Waals surface area contributed by atoms with Gasteiger partial charge in [-0.2, -0.15) is 0 Å². The van der Waals surface area contributed by atoms with E-state index in [-0.39, 0.29) is 16.6 Å². The molecule has 0 saturated carbocycles. The van der Waals surface area contributed by atoms with Gasteiger partial charge in [-0.3, -0.25) is 9.52 Å². The van der Waals surface area contributed by atoms with Crippen LogP contribution in [0, 0.1) is 0 Å². The second-order valence-corrected chi connectivity index (χ2v) is 8.64. The van der Waals surface area contributed by atoms with Crippen LogP contribution < -0.4 is 10.0 Å². The summed E-state index contributed by atoms with van der Waals surface area (Å²) in [6.07, 6.45) is 4.99. The molecule has 0 unspecified atom stereocenters. The predicted octanol–water partition coefficient (Wildman–Crippen LogP) is 2.41. The fraction of sp³-hybridized carbons (Fsp3) is 0.133. The van der Waals surface area contributed by atoms with Crippen LogP contribution in [-0.4, -0.2) is 34.6 Å². The summed E-state index contributed by atoms with van der Waals surface area (Å²) in [4.78, 5) is 20.1. The Morgan fingerprint density at radius 1 is 1.23 bits per heavy atom. The van der Waals surface area contributed by atoms with Crippen molar-refractivity contribution in [1.29, 1.82) is 0 Å². The number of hydrogen-bond acceptors (Lipinski definition) is 7. The first-order valence-electron chi connectivity index (χ1n) is 7.36. The molecule has 0 fully saturated rings. The molecule has 8 nitrogen and oxygen atoms in total. The smallest absolute Gasteiger partial charge is 0.263 e. The average Bonchev–Trinajstić information content (AvgIpc) is 3.25. The molecule has 2 heterocycles. The highest BCUT2D eigenvalue weighted by Crippen LogP contribution is 2.20. The number of nitrogens with one attached hydrogen (secondary N) is 2. The molecule has 0 atom stereocenters. The lowest BCUT2D eigenvalue weighted by Gasteiger charge is -2.08. The minimum atomic E-state index is -3.70. The first-order chi connectivity index (χ1) is 12.4. The molecule has 1 aromatic carbocycles. The van der Waals surface area contributed by atoms with E-state index in [1.54, 1.807) is 29.9 Å². The molecule has 26 heavy (non-hydrogen) atoms. The van der Waals surface area contributed by atoms with Gasteiger partial charge in [-0.1, -0.05) is 11.8 Å². The normalized spacial score (nSPS) is 11.3. The van der Waals surface area contributed by atoms with Crippen molar-refractivity contribution in [3.63, 3.8) is 0 Å². The third-order valence-corrected chi connectivity index (χ3v) is 6.44. The number of anilines is 2.